The van der Waals surface area contributed by atoms with E-state index in [1.165, 1.54) is 77.0 Å². The molecule has 4 aliphatic rings. The van der Waals surface area contributed by atoms with Gasteiger partial charge in [-0.1, -0.05) is 87.0 Å². The molecular weight excluding hydrogens is 589 g/mol. The molecule has 0 heterocycles. The van der Waals surface area contributed by atoms with E-state index in [-0.39, 0.29) is 17.3 Å². The van der Waals surface area contributed by atoms with E-state index in [1.54, 1.807) is 0 Å². The summed E-state index contributed by atoms with van der Waals surface area (Å²) in [5.74, 6) is 5.89. The molecule has 0 bridgehead atoms. The van der Waals surface area contributed by atoms with Crippen molar-refractivity contribution in [3.63, 3.8) is 0 Å². The number of benzene rings is 2. The molecule has 0 unspecified atom stereocenters. The van der Waals surface area contributed by atoms with Gasteiger partial charge in [0.05, 0.1) is 10.0 Å². The van der Waals surface area contributed by atoms with Crippen molar-refractivity contribution in [3.8, 4) is 0 Å². The van der Waals surface area contributed by atoms with E-state index in [4.69, 9.17) is 23.2 Å². The van der Waals surface area contributed by atoms with E-state index < -0.39 is 0 Å². The van der Waals surface area contributed by atoms with E-state index in [9.17, 15) is 8.78 Å². The molecule has 6 rings (SSSR count). The molecule has 4 fully saturated rings. The minimum absolute atomic E-state index is 0. The molecule has 0 atom stereocenters. The first-order valence-electron chi connectivity index (χ1n) is 18.0. The fourth-order valence-electron chi connectivity index (χ4n) is 9.27. The quantitative estimate of drug-likeness (QED) is 0.308. The minimum Gasteiger partial charge on any atom is -0.205 e. The van der Waals surface area contributed by atoms with Crippen molar-refractivity contribution in [3.05, 3.63) is 68.2 Å². The zero-order valence-electron chi connectivity index (χ0n) is 27.8. The normalized spacial score (nSPS) is 32.9. The topological polar surface area (TPSA) is 0 Å². The van der Waals surface area contributed by atoms with Gasteiger partial charge in [-0.25, -0.2) is 8.78 Å². The Labute approximate surface area is 283 Å². The Morgan fingerprint density at radius 3 is 1.05 bits per heavy atom. The van der Waals surface area contributed by atoms with E-state index >= 15 is 0 Å². The molecule has 0 spiro atoms. The predicted molar refractivity (Wildman–Crippen MR) is 192 cm³/mol. The van der Waals surface area contributed by atoms with Crippen LogP contribution in [0.4, 0.5) is 8.78 Å². The molecule has 0 amide bonds. The summed E-state index contributed by atoms with van der Waals surface area (Å²) in [7, 11) is 0. The van der Waals surface area contributed by atoms with Crippen molar-refractivity contribution in [1.29, 1.82) is 0 Å². The SMILES string of the molecule is Cc1ccc(C2CCC(C3CCC(C)CC3)CC2)c(F)c1Cl.Cc1ccc(C2CCC(C3CCC(C)CC3)CC2)c(F)c1Cl.[HH].[HH].[HH].[HH]. The maximum atomic E-state index is 14.4. The average molecular weight is 654 g/mol. The van der Waals surface area contributed by atoms with Crippen LogP contribution >= 0.6 is 23.2 Å². The second-order valence-electron chi connectivity index (χ2n) is 15.5. The summed E-state index contributed by atoms with van der Waals surface area (Å²) in [5, 5.41) is 0.641. The van der Waals surface area contributed by atoms with Crippen LogP contribution in [0.3, 0.4) is 0 Å². The van der Waals surface area contributed by atoms with Gasteiger partial charge in [-0.2, -0.15) is 0 Å². The van der Waals surface area contributed by atoms with Crippen molar-refractivity contribution in [1.82, 2.24) is 0 Å². The number of rotatable bonds is 4. The molecule has 0 saturated heterocycles. The summed E-state index contributed by atoms with van der Waals surface area (Å²) in [5.41, 5.74) is 3.39. The molecule has 4 heteroatoms. The van der Waals surface area contributed by atoms with Gasteiger partial charge in [-0.05, 0) is 160 Å². The van der Waals surface area contributed by atoms with Gasteiger partial charge in [-0.3, -0.25) is 0 Å². The molecule has 4 saturated carbocycles. The van der Waals surface area contributed by atoms with Crippen LogP contribution < -0.4 is 0 Å². The van der Waals surface area contributed by atoms with Gasteiger partial charge in [0.2, 0.25) is 0 Å². The summed E-state index contributed by atoms with van der Waals surface area (Å²) < 4.78 is 28.8. The Balaban J connectivity index is 0.000000443. The molecule has 4 aliphatic carbocycles. The minimum atomic E-state index is -0.170. The van der Waals surface area contributed by atoms with Crippen LogP contribution in [0.1, 0.15) is 156 Å². The lowest BCUT2D eigenvalue weighted by atomic mass is 9.68. The molecule has 2 aromatic rings. The highest BCUT2D eigenvalue weighted by molar-refractivity contribution is 6.31. The fraction of sp³-hybridized carbons (Fsp3) is 0.700. The molecule has 0 nitrogen and oxygen atoms in total. The van der Waals surface area contributed by atoms with Gasteiger partial charge in [-0.15, -0.1) is 0 Å². The predicted octanol–water partition coefficient (Wildman–Crippen LogP) is 14.8. The van der Waals surface area contributed by atoms with E-state index in [0.717, 1.165) is 83.4 Å². The first kappa shape index (κ1) is 34.2. The number of hydrogen-bond acceptors (Lipinski definition) is 0. The van der Waals surface area contributed by atoms with Crippen LogP contribution in [0.2, 0.25) is 10.0 Å². The Bertz CT molecular complexity index is 1130. The summed E-state index contributed by atoms with van der Waals surface area (Å²) >= 11 is 12.2. The highest BCUT2D eigenvalue weighted by atomic mass is 35.5. The van der Waals surface area contributed by atoms with E-state index in [0.29, 0.717) is 21.9 Å². The summed E-state index contributed by atoms with van der Waals surface area (Å²) in [6.07, 6.45) is 20.9. The molecular formula is C40H64Cl2F2. The zero-order chi connectivity index (χ0) is 31.4. The molecule has 44 heavy (non-hydrogen) atoms. The summed E-state index contributed by atoms with van der Waals surface area (Å²) in [6, 6.07) is 7.86. The molecule has 252 valence electrons. The maximum Gasteiger partial charge on any atom is 0.145 e. The molecule has 2 aromatic carbocycles. The monoisotopic (exact) mass is 652 g/mol. The Morgan fingerprint density at radius 1 is 0.477 bits per heavy atom. The molecule has 0 N–H and O–H groups in total. The molecule has 0 aliphatic heterocycles. The summed E-state index contributed by atoms with van der Waals surface area (Å²) in [4.78, 5) is 0. The lowest BCUT2D eigenvalue weighted by Crippen LogP contribution is -2.25. The summed E-state index contributed by atoms with van der Waals surface area (Å²) in [6.45, 7) is 8.51. The third kappa shape index (κ3) is 8.23. The van der Waals surface area contributed by atoms with Crippen molar-refractivity contribution in [2.45, 2.75) is 142 Å². The third-order valence-electron chi connectivity index (χ3n) is 12.5. The third-order valence-corrected chi connectivity index (χ3v) is 13.4. The van der Waals surface area contributed by atoms with Crippen molar-refractivity contribution in [2.24, 2.45) is 35.5 Å². The van der Waals surface area contributed by atoms with Gasteiger partial charge in [0.25, 0.3) is 0 Å². The first-order valence-corrected chi connectivity index (χ1v) is 18.8. The zero-order valence-corrected chi connectivity index (χ0v) is 29.3. The van der Waals surface area contributed by atoms with E-state index in [2.05, 4.69) is 13.8 Å². The average Bonchev–Trinajstić information content (AvgIpc) is 3.04. The lowest BCUT2D eigenvalue weighted by Gasteiger charge is -2.37. The largest absolute Gasteiger partial charge is 0.205 e. The number of hydrogen-bond donors (Lipinski definition) is 0. The van der Waals surface area contributed by atoms with Gasteiger partial charge >= 0.3 is 0 Å². The standard InChI is InChI=1S/2C20H28ClF.4H2/c2*1-13-3-6-15(7-4-13)16-8-10-17(11-9-16)18-12-5-14(2)19(21)20(18)22;;;;/h2*5,12-13,15-17H,3-4,6-11H2,1-2H3;4*1H. The number of aryl methyl sites for hydroxylation is 2. The van der Waals surface area contributed by atoms with Gasteiger partial charge in [0.15, 0.2) is 0 Å². The highest BCUT2D eigenvalue weighted by Crippen LogP contribution is 2.46. The van der Waals surface area contributed by atoms with Crippen LogP contribution in [-0.4, -0.2) is 0 Å². The van der Waals surface area contributed by atoms with Crippen LogP contribution in [-0.2, 0) is 0 Å². The Hall–Kier alpha value is -1.12. The van der Waals surface area contributed by atoms with Crippen molar-refractivity contribution >= 4 is 23.2 Å². The highest BCUT2D eigenvalue weighted by Gasteiger charge is 2.33. The maximum absolute atomic E-state index is 14.4. The second-order valence-corrected chi connectivity index (χ2v) is 16.2. The molecule has 0 radical (unpaired) electrons. The van der Waals surface area contributed by atoms with Crippen molar-refractivity contribution in [2.75, 3.05) is 0 Å². The van der Waals surface area contributed by atoms with Crippen LogP contribution in [0.15, 0.2) is 24.3 Å². The van der Waals surface area contributed by atoms with Gasteiger partial charge in [0, 0.05) is 5.71 Å². The number of halogens is 4. The second kappa shape index (κ2) is 15.6. The fourth-order valence-corrected chi connectivity index (χ4v) is 9.61. The van der Waals surface area contributed by atoms with Crippen LogP contribution in [0.5, 0.6) is 0 Å². The Kier molecular flexibility index (Phi) is 12.2. The Morgan fingerprint density at radius 2 is 0.750 bits per heavy atom. The van der Waals surface area contributed by atoms with Crippen LogP contribution in [0.25, 0.3) is 0 Å². The van der Waals surface area contributed by atoms with Gasteiger partial charge in [0.1, 0.15) is 11.6 Å². The van der Waals surface area contributed by atoms with Crippen molar-refractivity contribution < 1.29 is 14.5 Å². The van der Waals surface area contributed by atoms with Gasteiger partial charge < -0.3 is 0 Å². The van der Waals surface area contributed by atoms with E-state index in [1.807, 2.05) is 38.1 Å². The lowest BCUT2D eigenvalue weighted by molar-refractivity contribution is 0.164. The smallest absolute Gasteiger partial charge is 0.145 e. The van der Waals surface area contributed by atoms with Crippen LogP contribution in [0, 0.1) is 61.0 Å². The first-order chi connectivity index (χ1) is 21.1. The molecule has 0 aromatic heterocycles.